The Bertz CT molecular complexity index is 574. The topological polar surface area (TPSA) is 48.6 Å². The molecule has 0 N–H and O–H groups in total. The van der Waals surface area contributed by atoms with Gasteiger partial charge >= 0.3 is 0 Å². The normalized spacial score (nSPS) is 11.7. The van der Waals surface area contributed by atoms with E-state index in [1.165, 1.54) is 0 Å². The minimum atomic E-state index is 0.0233. The van der Waals surface area contributed by atoms with Crippen LogP contribution < -0.4 is 4.74 Å². The minimum absolute atomic E-state index is 0.0233. The Morgan fingerprint density at radius 2 is 2.05 bits per heavy atom. The maximum absolute atomic E-state index is 5.68. The molecule has 1 heterocycles. The van der Waals surface area contributed by atoms with Crippen LogP contribution in [0.4, 0.5) is 0 Å². The van der Waals surface area contributed by atoms with Crippen molar-refractivity contribution in [1.82, 2.24) is 9.55 Å². The zero-order valence-electron chi connectivity index (χ0n) is 13.4. The second kappa shape index (κ2) is 8.22. The lowest BCUT2D eigenvalue weighted by molar-refractivity contribution is 0.0853. The van der Waals surface area contributed by atoms with Gasteiger partial charge in [-0.15, -0.1) is 0 Å². The van der Waals surface area contributed by atoms with Gasteiger partial charge in [-0.25, -0.2) is 4.98 Å². The molecular weight excluding hydrogens is 278 g/mol. The molecule has 0 saturated carbocycles. The molecule has 5 heteroatoms. The standard InChI is InChI=1S/C17H23N3O2/c1-4-5-12-21-16-8-6-15(7-9-16)17(19-22-14(2)3)20-11-10-18-13-20/h6-11,13-14H,4-5,12H2,1-3H3/b19-17+. The Morgan fingerprint density at radius 1 is 1.27 bits per heavy atom. The van der Waals surface area contributed by atoms with E-state index in [2.05, 4.69) is 17.1 Å². The van der Waals surface area contributed by atoms with Crippen LogP contribution in [-0.4, -0.2) is 28.1 Å². The van der Waals surface area contributed by atoms with Crippen LogP contribution in [0.5, 0.6) is 5.75 Å². The first-order chi connectivity index (χ1) is 10.7. The van der Waals surface area contributed by atoms with E-state index in [4.69, 9.17) is 9.57 Å². The molecule has 22 heavy (non-hydrogen) atoms. The number of unbranched alkanes of at least 4 members (excludes halogenated alkanes) is 1. The molecule has 2 rings (SSSR count). The molecule has 0 atom stereocenters. The van der Waals surface area contributed by atoms with Crippen LogP contribution >= 0.6 is 0 Å². The molecule has 0 bridgehead atoms. The number of oxime groups is 1. The van der Waals surface area contributed by atoms with Crippen LogP contribution in [0.25, 0.3) is 0 Å². The molecular formula is C17H23N3O2. The van der Waals surface area contributed by atoms with Crippen molar-refractivity contribution >= 4 is 5.84 Å². The zero-order chi connectivity index (χ0) is 15.8. The van der Waals surface area contributed by atoms with Crippen molar-refractivity contribution in [3.05, 3.63) is 48.5 Å². The summed E-state index contributed by atoms with van der Waals surface area (Å²) in [7, 11) is 0. The van der Waals surface area contributed by atoms with E-state index >= 15 is 0 Å². The maximum Gasteiger partial charge on any atom is 0.184 e. The molecule has 0 fully saturated rings. The van der Waals surface area contributed by atoms with Crippen LogP contribution in [0, 0.1) is 0 Å². The zero-order valence-corrected chi connectivity index (χ0v) is 13.4. The van der Waals surface area contributed by atoms with Crippen LogP contribution in [0.15, 0.2) is 48.1 Å². The summed E-state index contributed by atoms with van der Waals surface area (Å²) in [5, 5.41) is 4.24. The van der Waals surface area contributed by atoms with Crippen LogP contribution in [0.3, 0.4) is 0 Å². The second-order valence-corrected chi connectivity index (χ2v) is 5.27. The van der Waals surface area contributed by atoms with Crippen molar-refractivity contribution in [3.8, 4) is 5.75 Å². The summed E-state index contributed by atoms with van der Waals surface area (Å²) >= 11 is 0. The first-order valence-electron chi connectivity index (χ1n) is 7.66. The number of benzene rings is 1. The first-order valence-corrected chi connectivity index (χ1v) is 7.66. The van der Waals surface area contributed by atoms with Gasteiger partial charge in [0.25, 0.3) is 0 Å². The number of aromatic nitrogens is 2. The van der Waals surface area contributed by atoms with E-state index < -0.39 is 0 Å². The fourth-order valence-electron chi connectivity index (χ4n) is 1.82. The van der Waals surface area contributed by atoms with Crippen molar-refractivity contribution in [1.29, 1.82) is 0 Å². The molecule has 1 aromatic heterocycles. The Balaban J connectivity index is 2.16. The van der Waals surface area contributed by atoms with E-state index in [-0.39, 0.29) is 6.10 Å². The average Bonchev–Trinajstić information content (AvgIpc) is 3.03. The van der Waals surface area contributed by atoms with Gasteiger partial charge in [0.1, 0.15) is 18.2 Å². The van der Waals surface area contributed by atoms with Gasteiger partial charge in [-0.2, -0.15) is 0 Å². The van der Waals surface area contributed by atoms with Gasteiger partial charge in [-0.1, -0.05) is 18.5 Å². The predicted octanol–water partition coefficient (Wildman–Crippen LogP) is 3.70. The summed E-state index contributed by atoms with van der Waals surface area (Å²) in [6, 6.07) is 7.85. The van der Waals surface area contributed by atoms with Crippen molar-refractivity contribution in [3.63, 3.8) is 0 Å². The Labute approximate surface area is 131 Å². The highest BCUT2D eigenvalue weighted by molar-refractivity contribution is 6.00. The smallest absolute Gasteiger partial charge is 0.184 e. The largest absolute Gasteiger partial charge is 0.494 e. The molecule has 0 spiro atoms. The number of rotatable bonds is 7. The fraction of sp³-hybridized carbons (Fsp3) is 0.412. The van der Waals surface area contributed by atoms with Crippen molar-refractivity contribution < 1.29 is 9.57 Å². The second-order valence-electron chi connectivity index (χ2n) is 5.27. The minimum Gasteiger partial charge on any atom is -0.494 e. The van der Waals surface area contributed by atoms with Crippen LogP contribution in [0.2, 0.25) is 0 Å². The number of hydrogen-bond acceptors (Lipinski definition) is 4. The molecule has 0 aliphatic carbocycles. The summed E-state index contributed by atoms with van der Waals surface area (Å²) in [5.41, 5.74) is 0.946. The highest BCUT2D eigenvalue weighted by atomic mass is 16.6. The SMILES string of the molecule is CCCCOc1ccc(/C(=N\OC(C)C)n2ccnc2)cc1. The van der Waals surface area contributed by atoms with Gasteiger partial charge in [0.15, 0.2) is 5.84 Å². The molecule has 2 aromatic rings. The number of hydrogen-bond donors (Lipinski definition) is 0. The molecule has 0 saturated heterocycles. The molecule has 0 aliphatic heterocycles. The quantitative estimate of drug-likeness (QED) is 0.339. The van der Waals surface area contributed by atoms with Gasteiger partial charge in [-0.3, -0.25) is 4.57 Å². The molecule has 118 valence electrons. The maximum atomic E-state index is 5.68. The summed E-state index contributed by atoms with van der Waals surface area (Å²) in [5.74, 6) is 1.57. The van der Waals surface area contributed by atoms with E-state index in [0.717, 1.165) is 30.8 Å². The molecule has 0 amide bonds. The Kier molecular flexibility index (Phi) is 6.01. The van der Waals surface area contributed by atoms with E-state index in [1.54, 1.807) is 12.5 Å². The third-order valence-electron chi connectivity index (χ3n) is 2.98. The first kappa shape index (κ1) is 16.1. The van der Waals surface area contributed by atoms with Gasteiger partial charge in [0, 0.05) is 18.0 Å². The monoisotopic (exact) mass is 301 g/mol. The van der Waals surface area contributed by atoms with Crippen molar-refractivity contribution in [2.75, 3.05) is 6.61 Å². The Hall–Kier alpha value is -2.30. The van der Waals surface area contributed by atoms with E-state index in [1.807, 2.05) is 48.9 Å². The van der Waals surface area contributed by atoms with E-state index in [9.17, 15) is 0 Å². The van der Waals surface area contributed by atoms with Crippen molar-refractivity contribution in [2.24, 2.45) is 5.16 Å². The predicted molar refractivity (Wildman–Crippen MR) is 87.2 cm³/mol. The van der Waals surface area contributed by atoms with Crippen LogP contribution in [-0.2, 0) is 4.84 Å². The summed E-state index contributed by atoms with van der Waals surface area (Å²) in [6.45, 7) is 6.78. The van der Waals surface area contributed by atoms with Gasteiger partial charge in [0.05, 0.1) is 6.61 Å². The van der Waals surface area contributed by atoms with Gasteiger partial charge in [0.2, 0.25) is 0 Å². The van der Waals surface area contributed by atoms with Gasteiger partial charge in [-0.05, 0) is 44.5 Å². The fourth-order valence-corrected chi connectivity index (χ4v) is 1.82. The lowest BCUT2D eigenvalue weighted by Crippen LogP contribution is -2.13. The van der Waals surface area contributed by atoms with Gasteiger partial charge < -0.3 is 9.57 Å². The molecule has 1 aromatic carbocycles. The summed E-state index contributed by atoms with van der Waals surface area (Å²) in [4.78, 5) is 9.47. The summed E-state index contributed by atoms with van der Waals surface area (Å²) in [6.07, 6.45) is 7.47. The van der Waals surface area contributed by atoms with E-state index in [0.29, 0.717) is 5.84 Å². The lowest BCUT2D eigenvalue weighted by atomic mass is 10.2. The Morgan fingerprint density at radius 3 is 2.64 bits per heavy atom. The molecule has 0 unspecified atom stereocenters. The highest BCUT2D eigenvalue weighted by Gasteiger charge is 2.08. The number of nitrogens with zero attached hydrogens (tertiary/aromatic N) is 3. The third kappa shape index (κ3) is 4.62. The third-order valence-corrected chi connectivity index (χ3v) is 2.98. The molecule has 5 nitrogen and oxygen atoms in total. The van der Waals surface area contributed by atoms with Crippen molar-refractivity contribution in [2.45, 2.75) is 39.7 Å². The van der Waals surface area contributed by atoms with Crippen LogP contribution in [0.1, 0.15) is 39.2 Å². The molecule has 0 aliphatic rings. The summed E-state index contributed by atoms with van der Waals surface area (Å²) < 4.78 is 7.51. The highest BCUT2D eigenvalue weighted by Crippen LogP contribution is 2.14. The molecule has 0 radical (unpaired) electrons. The number of ether oxygens (including phenoxy) is 1. The lowest BCUT2D eigenvalue weighted by Gasteiger charge is -2.10. The number of imidazole rings is 1. The average molecular weight is 301 g/mol.